The summed E-state index contributed by atoms with van der Waals surface area (Å²) >= 11 is 1.80. The number of thioether (sulfide) groups is 1. The van der Waals surface area contributed by atoms with E-state index in [0.29, 0.717) is 0 Å². The quantitative estimate of drug-likeness (QED) is 0.649. The van der Waals surface area contributed by atoms with Crippen molar-refractivity contribution in [3.8, 4) is 11.1 Å². The van der Waals surface area contributed by atoms with Crippen LogP contribution in [-0.4, -0.2) is 15.8 Å². The Morgan fingerprint density at radius 2 is 2.05 bits per heavy atom. The number of benzene rings is 2. The Labute approximate surface area is 122 Å². The molecule has 0 saturated carbocycles. The molecule has 100 valence electrons. The summed E-state index contributed by atoms with van der Waals surface area (Å²) in [5.74, 6) is 1.25. The number of rotatable bonds is 2. The zero-order valence-electron chi connectivity index (χ0n) is 11.5. The van der Waals surface area contributed by atoms with Crippen LogP contribution < -0.4 is 0 Å². The molecule has 0 aliphatic carbocycles. The van der Waals surface area contributed by atoms with Gasteiger partial charge in [0.25, 0.3) is 0 Å². The first-order chi connectivity index (χ1) is 9.86. The SMILES string of the molecule is CSc1ccccc1-c1ccc2nc3n(c2c1)CCC3. The molecule has 0 spiro atoms. The molecule has 0 radical (unpaired) electrons. The number of fused-ring (bicyclic) bond motifs is 3. The average Bonchev–Trinajstić information content (AvgIpc) is 3.07. The summed E-state index contributed by atoms with van der Waals surface area (Å²) in [6, 6.07) is 15.3. The molecular formula is C17H16N2S. The van der Waals surface area contributed by atoms with Gasteiger partial charge in [-0.2, -0.15) is 0 Å². The van der Waals surface area contributed by atoms with E-state index in [4.69, 9.17) is 4.98 Å². The van der Waals surface area contributed by atoms with Gasteiger partial charge < -0.3 is 4.57 Å². The molecule has 0 saturated heterocycles. The van der Waals surface area contributed by atoms with Crippen LogP contribution in [0.4, 0.5) is 0 Å². The van der Waals surface area contributed by atoms with Crippen LogP contribution in [0.15, 0.2) is 47.4 Å². The minimum atomic E-state index is 1.11. The topological polar surface area (TPSA) is 17.8 Å². The molecule has 3 heteroatoms. The van der Waals surface area contributed by atoms with Gasteiger partial charge in [-0.3, -0.25) is 0 Å². The van der Waals surface area contributed by atoms with E-state index in [1.165, 1.54) is 33.8 Å². The Bertz CT molecular complexity index is 789. The number of aromatic nitrogens is 2. The first kappa shape index (κ1) is 12.0. The summed E-state index contributed by atoms with van der Waals surface area (Å²) < 4.78 is 2.38. The molecule has 0 amide bonds. The Morgan fingerprint density at radius 1 is 1.15 bits per heavy atom. The van der Waals surface area contributed by atoms with E-state index < -0.39 is 0 Å². The van der Waals surface area contributed by atoms with Gasteiger partial charge in [0.2, 0.25) is 0 Å². The third-order valence-electron chi connectivity index (χ3n) is 4.03. The van der Waals surface area contributed by atoms with Crippen molar-refractivity contribution in [1.82, 2.24) is 9.55 Å². The predicted octanol–water partition coefficient (Wildman–Crippen LogP) is 4.37. The van der Waals surface area contributed by atoms with Crippen molar-refractivity contribution in [1.29, 1.82) is 0 Å². The maximum absolute atomic E-state index is 4.73. The highest BCUT2D eigenvalue weighted by molar-refractivity contribution is 7.98. The van der Waals surface area contributed by atoms with Crippen molar-refractivity contribution in [3.05, 3.63) is 48.3 Å². The lowest BCUT2D eigenvalue weighted by atomic mass is 10.1. The van der Waals surface area contributed by atoms with E-state index in [2.05, 4.69) is 53.3 Å². The van der Waals surface area contributed by atoms with Crippen molar-refractivity contribution < 1.29 is 0 Å². The van der Waals surface area contributed by atoms with Gasteiger partial charge in [0.05, 0.1) is 11.0 Å². The zero-order valence-corrected chi connectivity index (χ0v) is 12.3. The summed E-state index contributed by atoms with van der Waals surface area (Å²) in [4.78, 5) is 6.06. The minimum Gasteiger partial charge on any atom is -0.328 e. The number of aryl methyl sites for hydroxylation is 2. The van der Waals surface area contributed by atoms with Crippen LogP contribution >= 0.6 is 11.8 Å². The second-order valence-corrected chi connectivity index (χ2v) is 6.04. The standard InChI is InChI=1S/C17H16N2S/c1-20-16-6-3-2-5-13(16)12-8-9-14-15(11-12)19-10-4-7-17(19)18-14/h2-3,5-6,8-9,11H,4,7,10H2,1H3. The Hall–Kier alpha value is -1.74. The lowest BCUT2D eigenvalue weighted by Crippen LogP contribution is -1.91. The van der Waals surface area contributed by atoms with Gasteiger partial charge in [0.1, 0.15) is 5.82 Å². The fourth-order valence-electron chi connectivity index (χ4n) is 3.06. The number of hydrogen-bond acceptors (Lipinski definition) is 2. The second kappa shape index (κ2) is 4.67. The molecule has 0 fully saturated rings. The van der Waals surface area contributed by atoms with Crippen LogP contribution in [0.1, 0.15) is 12.2 Å². The maximum atomic E-state index is 4.73. The number of nitrogens with zero attached hydrogens (tertiary/aromatic N) is 2. The largest absolute Gasteiger partial charge is 0.328 e. The Balaban J connectivity index is 1.92. The molecule has 0 unspecified atom stereocenters. The highest BCUT2D eigenvalue weighted by atomic mass is 32.2. The van der Waals surface area contributed by atoms with E-state index in [1.54, 1.807) is 11.8 Å². The van der Waals surface area contributed by atoms with Crippen molar-refractivity contribution >= 4 is 22.8 Å². The number of imidazole rings is 1. The van der Waals surface area contributed by atoms with E-state index in [1.807, 2.05) is 0 Å². The summed E-state index contributed by atoms with van der Waals surface area (Å²) in [6.45, 7) is 1.11. The molecule has 20 heavy (non-hydrogen) atoms. The molecule has 2 heterocycles. The average molecular weight is 280 g/mol. The molecule has 4 rings (SSSR count). The third-order valence-corrected chi connectivity index (χ3v) is 4.82. The van der Waals surface area contributed by atoms with E-state index >= 15 is 0 Å². The first-order valence-corrected chi connectivity index (χ1v) is 8.22. The maximum Gasteiger partial charge on any atom is 0.109 e. The lowest BCUT2D eigenvalue weighted by molar-refractivity contribution is 0.771. The summed E-state index contributed by atoms with van der Waals surface area (Å²) in [6.07, 6.45) is 4.48. The molecule has 1 aliphatic heterocycles. The van der Waals surface area contributed by atoms with Crippen LogP contribution in [0.5, 0.6) is 0 Å². The van der Waals surface area contributed by atoms with E-state index in [-0.39, 0.29) is 0 Å². The smallest absolute Gasteiger partial charge is 0.109 e. The molecule has 2 nitrogen and oxygen atoms in total. The van der Waals surface area contributed by atoms with Gasteiger partial charge in [-0.15, -0.1) is 11.8 Å². The number of hydrogen-bond donors (Lipinski definition) is 0. The van der Waals surface area contributed by atoms with Gasteiger partial charge in [-0.1, -0.05) is 24.3 Å². The zero-order chi connectivity index (χ0) is 13.5. The summed E-state index contributed by atoms with van der Waals surface area (Å²) in [5.41, 5.74) is 5.02. The van der Waals surface area contributed by atoms with Crippen LogP contribution in [0.2, 0.25) is 0 Å². The molecule has 0 atom stereocenters. The van der Waals surface area contributed by atoms with E-state index in [0.717, 1.165) is 18.5 Å². The van der Waals surface area contributed by atoms with Crippen LogP contribution in [0.25, 0.3) is 22.2 Å². The second-order valence-electron chi connectivity index (χ2n) is 5.19. The molecule has 3 aromatic rings. The minimum absolute atomic E-state index is 1.11. The van der Waals surface area contributed by atoms with Gasteiger partial charge in [-0.05, 0) is 42.0 Å². The molecule has 2 aromatic carbocycles. The lowest BCUT2D eigenvalue weighted by Gasteiger charge is -2.08. The molecule has 0 N–H and O–H groups in total. The molecular weight excluding hydrogens is 264 g/mol. The van der Waals surface area contributed by atoms with Gasteiger partial charge in [0, 0.05) is 17.9 Å². The van der Waals surface area contributed by atoms with Gasteiger partial charge in [0.15, 0.2) is 0 Å². The summed E-state index contributed by atoms with van der Waals surface area (Å²) in [7, 11) is 0. The van der Waals surface area contributed by atoms with Crippen LogP contribution in [-0.2, 0) is 13.0 Å². The van der Waals surface area contributed by atoms with Crippen LogP contribution in [0.3, 0.4) is 0 Å². The Morgan fingerprint density at radius 3 is 2.95 bits per heavy atom. The van der Waals surface area contributed by atoms with Crippen LogP contribution in [0, 0.1) is 0 Å². The monoisotopic (exact) mass is 280 g/mol. The van der Waals surface area contributed by atoms with Crippen molar-refractivity contribution in [2.75, 3.05) is 6.26 Å². The molecule has 1 aliphatic rings. The summed E-state index contributed by atoms with van der Waals surface area (Å²) in [5, 5.41) is 0. The van der Waals surface area contributed by atoms with Crippen molar-refractivity contribution in [3.63, 3.8) is 0 Å². The molecule has 1 aromatic heterocycles. The van der Waals surface area contributed by atoms with Crippen molar-refractivity contribution in [2.45, 2.75) is 24.3 Å². The molecule has 0 bridgehead atoms. The first-order valence-electron chi connectivity index (χ1n) is 6.99. The normalized spacial score (nSPS) is 13.8. The highest BCUT2D eigenvalue weighted by Gasteiger charge is 2.16. The fourth-order valence-corrected chi connectivity index (χ4v) is 3.68. The Kier molecular flexibility index (Phi) is 2.81. The van der Waals surface area contributed by atoms with Gasteiger partial charge in [-0.25, -0.2) is 4.98 Å². The predicted molar refractivity (Wildman–Crippen MR) is 85.3 cm³/mol. The van der Waals surface area contributed by atoms with Crippen molar-refractivity contribution in [2.24, 2.45) is 0 Å². The fraction of sp³-hybridized carbons (Fsp3) is 0.235. The van der Waals surface area contributed by atoms with E-state index in [9.17, 15) is 0 Å². The van der Waals surface area contributed by atoms with Gasteiger partial charge >= 0.3 is 0 Å². The highest BCUT2D eigenvalue weighted by Crippen LogP contribution is 2.33. The third kappa shape index (κ3) is 1.77.